The standard InChI is InChI=1S/C31H19N4O.Pt/c1-3-16-29-26(13-1)31-33-28-15-2-4-17-30(28)35(31)21-34(29)23-10-8-12-25(20-23)36-24-11-7-9-22(19-24)27-14-5-6-18-32-27;/h1-18,21H;/q-3;/i7D,9D,11D;. The molecule has 0 N–H and O–H groups in total. The van der Waals surface area contributed by atoms with E-state index in [0.717, 1.165) is 33.8 Å². The molecular formula is C31H19N4OPt-3. The van der Waals surface area contributed by atoms with Crippen molar-refractivity contribution in [3.63, 3.8) is 0 Å². The van der Waals surface area contributed by atoms with Gasteiger partial charge in [0.1, 0.15) is 0 Å². The molecule has 1 aliphatic heterocycles. The molecule has 4 aromatic carbocycles. The number of para-hydroxylation sites is 3. The third kappa shape index (κ3) is 4.18. The first-order valence-electron chi connectivity index (χ1n) is 12.9. The molecule has 3 heterocycles. The number of nitrogens with zero attached hydrogens (tertiary/aromatic N) is 4. The van der Waals surface area contributed by atoms with E-state index in [1.54, 1.807) is 30.5 Å². The Labute approximate surface area is 233 Å². The predicted molar refractivity (Wildman–Crippen MR) is 141 cm³/mol. The van der Waals surface area contributed by atoms with Crippen LogP contribution in [0.3, 0.4) is 0 Å². The number of fused-ring (bicyclic) bond motifs is 5. The van der Waals surface area contributed by atoms with Gasteiger partial charge in [0, 0.05) is 58.5 Å². The molecule has 0 saturated heterocycles. The van der Waals surface area contributed by atoms with Crippen LogP contribution in [0.4, 0.5) is 11.4 Å². The van der Waals surface area contributed by atoms with E-state index in [9.17, 15) is 0 Å². The summed E-state index contributed by atoms with van der Waals surface area (Å²) in [6.07, 6.45) is 1.61. The maximum Gasteiger partial charge on any atom is 0.0421 e. The number of rotatable bonds is 4. The molecule has 0 saturated carbocycles. The second kappa shape index (κ2) is 9.61. The predicted octanol–water partition coefficient (Wildman–Crippen LogP) is 7.27. The van der Waals surface area contributed by atoms with Crippen molar-refractivity contribution in [3.05, 3.63) is 128 Å². The number of hydrogen-bond acceptors (Lipinski definition) is 4. The smallest absolute Gasteiger partial charge is 0.0421 e. The topological polar surface area (TPSA) is 43.2 Å². The fourth-order valence-electron chi connectivity index (χ4n) is 4.36. The Morgan fingerprint density at radius 2 is 1.70 bits per heavy atom. The Balaban J connectivity index is 0.00000289. The number of hydrogen-bond donors (Lipinski definition) is 0. The van der Waals surface area contributed by atoms with E-state index in [2.05, 4.69) is 21.7 Å². The van der Waals surface area contributed by atoms with E-state index in [1.807, 2.05) is 72.2 Å². The minimum Gasteiger partial charge on any atom is -0.503 e. The van der Waals surface area contributed by atoms with Crippen LogP contribution in [0.25, 0.3) is 33.7 Å². The summed E-state index contributed by atoms with van der Waals surface area (Å²) in [6, 6.07) is 32.6. The van der Waals surface area contributed by atoms with Crippen molar-refractivity contribution in [1.82, 2.24) is 14.5 Å². The van der Waals surface area contributed by atoms with Crippen LogP contribution in [-0.4, -0.2) is 14.5 Å². The van der Waals surface area contributed by atoms with E-state index < -0.39 is 0 Å². The first-order chi connectivity index (χ1) is 19.1. The maximum absolute atomic E-state index is 8.41. The van der Waals surface area contributed by atoms with Gasteiger partial charge in [-0.15, -0.1) is 41.9 Å². The van der Waals surface area contributed by atoms with Gasteiger partial charge in [0.25, 0.3) is 0 Å². The minimum atomic E-state index is -0.252. The Morgan fingerprint density at radius 1 is 0.838 bits per heavy atom. The average Bonchev–Trinajstić information content (AvgIpc) is 3.36. The molecule has 1 aliphatic rings. The van der Waals surface area contributed by atoms with Crippen molar-refractivity contribution in [2.24, 2.45) is 0 Å². The van der Waals surface area contributed by atoms with Gasteiger partial charge in [0.2, 0.25) is 0 Å². The molecule has 0 amide bonds. The normalized spacial score (nSPS) is 12.9. The first kappa shape index (κ1) is 19.8. The zero-order chi connectivity index (χ0) is 26.5. The third-order valence-corrected chi connectivity index (χ3v) is 5.98. The Morgan fingerprint density at radius 3 is 2.62 bits per heavy atom. The molecule has 0 spiro atoms. The number of pyridine rings is 1. The molecule has 0 fully saturated rings. The van der Waals surface area contributed by atoms with Gasteiger partial charge in [-0.2, -0.15) is 6.07 Å². The largest absolute Gasteiger partial charge is 0.503 e. The van der Waals surface area contributed by atoms with Gasteiger partial charge in [0.05, 0.1) is 0 Å². The van der Waals surface area contributed by atoms with E-state index in [1.165, 1.54) is 0 Å². The maximum atomic E-state index is 8.41. The van der Waals surface area contributed by atoms with Gasteiger partial charge in [-0.1, -0.05) is 60.3 Å². The first-order valence-corrected chi connectivity index (χ1v) is 11.4. The summed E-state index contributed by atoms with van der Waals surface area (Å²) in [5.41, 5.74) is 5.36. The summed E-state index contributed by atoms with van der Waals surface area (Å²) in [7, 11) is 0. The summed E-state index contributed by atoms with van der Waals surface area (Å²) < 4.78 is 33.2. The molecule has 0 unspecified atom stereocenters. The van der Waals surface area contributed by atoms with Gasteiger partial charge >= 0.3 is 0 Å². The summed E-state index contributed by atoms with van der Waals surface area (Å²) in [5, 5.41) is 0. The molecular weight excluding hydrogens is 639 g/mol. The van der Waals surface area contributed by atoms with Gasteiger partial charge in [-0.05, 0) is 43.0 Å². The van der Waals surface area contributed by atoms with Crippen LogP contribution in [0.1, 0.15) is 4.11 Å². The molecule has 6 heteroatoms. The molecule has 0 atom stereocenters. The minimum absolute atomic E-state index is 0. The summed E-state index contributed by atoms with van der Waals surface area (Å²) in [4.78, 5) is 11.2. The summed E-state index contributed by atoms with van der Waals surface area (Å²) in [6.45, 7) is 1.99. The summed E-state index contributed by atoms with van der Waals surface area (Å²) >= 11 is 0. The van der Waals surface area contributed by atoms with Gasteiger partial charge in [-0.25, -0.2) is 0 Å². The second-order valence-corrected chi connectivity index (χ2v) is 8.22. The van der Waals surface area contributed by atoms with E-state index in [-0.39, 0.29) is 44.9 Å². The fraction of sp³-hybridized carbons (Fsp3) is 0. The summed E-state index contributed by atoms with van der Waals surface area (Å²) in [5.74, 6) is 1.26. The SMILES string of the molecule is [2H]c1c(Oc2[c-]c(N3[CH-]n4c(nc5ccccc54)-c4ccccc43)ccc2)[c-]c(-c2ccccn2)c([2H])c1[2H].[Pt]. The van der Waals surface area contributed by atoms with Crippen LogP contribution >= 0.6 is 0 Å². The van der Waals surface area contributed by atoms with Gasteiger partial charge in [-0.3, -0.25) is 0 Å². The molecule has 0 aliphatic carbocycles. The van der Waals surface area contributed by atoms with Crippen molar-refractivity contribution in [3.8, 4) is 34.1 Å². The van der Waals surface area contributed by atoms with Crippen LogP contribution < -0.4 is 9.64 Å². The zero-order valence-electron chi connectivity index (χ0n) is 22.3. The Bertz CT molecular complexity index is 1880. The van der Waals surface area contributed by atoms with Crippen LogP contribution in [-0.2, 0) is 21.1 Å². The van der Waals surface area contributed by atoms with Crippen LogP contribution in [0.2, 0.25) is 0 Å². The van der Waals surface area contributed by atoms with Gasteiger partial charge in [0.15, 0.2) is 0 Å². The quantitative estimate of drug-likeness (QED) is 0.187. The molecule has 0 radical (unpaired) electrons. The van der Waals surface area contributed by atoms with Crippen LogP contribution in [0.5, 0.6) is 11.5 Å². The van der Waals surface area contributed by atoms with E-state index >= 15 is 0 Å². The van der Waals surface area contributed by atoms with E-state index in [0.29, 0.717) is 17.0 Å². The number of aromatic nitrogens is 3. The number of anilines is 2. The van der Waals surface area contributed by atoms with E-state index in [4.69, 9.17) is 13.8 Å². The fourth-order valence-corrected chi connectivity index (χ4v) is 4.36. The molecule has 2 aromatic heterocycles. The molecule has 7 rings (SSSR count). The second-order valence-electron chi connectivity index (χ2n) is 8.22. The molecule has 5 nitrogen and oxygen atoms in total. The third-order valence-electron chi connectivity index (χ3n) is 5.98. The van der Waals surface area contributed by atoms with Crippen LogP contribution in [0.15, 0.2) is 109 Å². The van der Waals surface area contributed by atoms with Crippen molar-refractivity contribution < 1.29 is 29.9 Å². The van der Waals surface area contributed by atoms with Gasteiger partial charge < -0.3 is 24.2 Å². The molecule has 182 valence electrons. The average molecular weight is 662 g/mol. The zero-order valence-corrected chi connectivity index (χ0v) is 21.5. The van der Waals surface area contributed by atoms with Crippen molar-refractivity contribution in [2.75, 3.05) is 4.90 Å². The molecule has 6 aromatic rings. The number of ether oxygens (including phenoxy) is 1. The van der Waals surface area contributed by atoms with Crippen LogP contribution in [0, 0.1) is 18.8 Å². The number of benzene rings is 4. The Kier molecular flexibility index (Phi) is 5.14. The van der Waals surface area contributed by atoms with Crippen molar-refractivity contribution in [2.45, 2.75) is 0 Å². The molecule has 37 heavy (non-hydrogen) atoms. The van der Waals surface area contributed by atoms with Crippen molar-refractivity contribution >= 4 is 22.4 Å². The van der Waals surface area contributed by atoms with Crippen molar-refractivity contribution in [1.29, 1.82) is 0 Å². The monoisotopic (exact) mass is 661 g/mol. The Hall–Kier alpha value is -4.34. The molecule has 0 bridgehead atoms. The number of imidazole rings is 1.